The van der Waals surface area contributed by atoms with Crippen molar-refractivity contribution in [2.24, 2.45) is 5.41 Å². The Morgan fingerprint density at radius 1 is 1.14 bits per heavy atom. The zero-order chi connectivity index (χ0) is 26.6. The number of aromatic nitrogens is 2. The lowest BCUT2D eigenvalue weighted by Crippen LogP contribution is -2.35. The van der Waals surface area contributed by atoms with Gasteiger partial charge in [0.05, 0.1) is 22.7 Å². The van der Waals surface area contributed by atoms with Crippen molar-refractivity contribution in [3.05, 3.63) is 53.6 Å². The summed E-state index contributed by atoms with van der Waals surface area (Å²) in [5, 5.41) is -0.443. The van der Waals surface area contributed by atoms with E-state index in [4.69, 9.17) is 0 Å². The molecule has 1 atom stereocenters. The molecule has 1 saturated carbocycles. The second kappa shape index (κ2) is 9.05. The third kappa shape index (κ3) is 5.54. The largest absolute Gasteiger partial charge is 0.418 e. The average molecular weight is 534 g/mol. The van der Waals surface area contributed by atoms with Crippen LogP contribution in [0.4, 0.5) is 26.3 Å². The summed E-state index contributed by atoms with van der Waals surface area (Å²) in [5.41, 5.74) is -1.76. The van der Waals surface area contributed by atoms with Crippen LogP contribution in [0.15, 0.2) is 36.7 Å². The second-order valence-electron chi connectivity index (χ2n) is 10.2. The van der Waals surface area contributed by atoms with Crippen LogP contribution in [0, 0.1) is 11.2 Å². The Bertz CT molecular complexity index is 1390. The first-order chi connectivity index (χ1) is 16.6. The summed E-state index contributed by atoms with van der Waals surface area (Å²) in [7, 11) is -3.96. The molecule has 0 bridgehead atoms. The zero-order valence-electron chi connectivity index (χ0n) is 19.7. The van der Waals surface area contributed by atoms with Crippen LogP contribution in [0.5, 0.6) is 0 Å². The van der Waals surface area contributed by atoms with Crippen molar-refractivity contribution < 1.29 is 34.8 Å². The molecule has 0 aliphatic heterocycles. The molecule has 1 aliphatic rings. The molecule has 2 aromatic heterocycles. The number of nitrogens with zero attached hydrogens (tertiary/aromatic N) is 2. The summed E-state index contributed by atoms with van der Waals surface area (Å²) in [4.78, 5) is 3.66. The highest BCUT2D eigenvalue weighted by Gasteiger charge is 2.40. The fourth-order valence-electron chi connectivity index (χ4n) is 4.14. The number of nitrogens with one attached hydrogen (secondary N) is 1. The van der Waals surface area contributed by atoms with E-state index >= 15 is 0 Å². The maximum absolute atomic E-state index is 14.1. The Morgan fingerprint density at radius 3 is 2.36 bits per heavy atom. The highest BCUT2D eigenvalue weighted by atomic mass is 32.2. The van der Waals surface area contributed by atoms with Crippen LogP contribution in [0.3, 0.4) is 0 Å². The number of benzene rings is 1. The van der Waals surface area contributed by atoms with Crippen LogP contribution < -0.4 is 4.72 Å². The molecule has 5 nitrogen and oxygen atoms in total. The van der Waals surface area contributed by atoms with Crippen molar-refractivity contribution in [3.63, 3.8) is 0 Å². The Kier molecular flexibility index (Phi) is 6.66. The molecular weight excluding hydrogens is 508 g/mol. The molecule has 3 aromatic rings. The van der Waals surface area contributed by atoms with Gasteiger partial charge >= 0.3 is 6.18 Å². The van der Waals surface area contributed by atoms with Gasteiger partial charge in [0.25, 0.3) is 6.43 Å². The second-order valence-corrected chi connectivity index (χ2v) is 12.2. The number of pyridine rings is 1. The van der Waals surface area contributed by atoms with Crippen molar-refractivity contribution in [1.82, 2.24) is 14.3 Å². The molecule has 196 valence electrons. The monoisotopic (exact) mass is 533 g/mol. The Balaban J connectivity index is 1.89. The van der Waals surface area contributed by atoms with E-state index in [9.17, 15) is 34.8 Å². The van der Waals surface area contributed by atoms with Gasteiger partial charge in [-0.05, 0) is 30.4 Å². The van der Waals surface area contributed by atoms with Gasteiger partial charge in [0.15, 0.2) is 0 Å². The molecule has 36 heavy (non-hydrogen) atoms. The first-order valence-electron chi connectivity index (χ1n) is 11.2. The zero-order valence-corrected chi connectivity index (χ0v) is 20.5. The lowest BCUT2D eigenvalue weighted by molar-refractivity contribution is -0.137. The van der Waals surface area contributed by atoms with Gasteiger partial charge in [-0.25, -0.2) is 26.3 Å². The van der Waals surface area contributed by atoms with Gasteiger partial charge in [0.1, 0.15) is 11.9 Å². The molecule has 2 heterocycles. The normalized spacial score (nSPS) is 16.2. The number of alkyl halides is 5. The number of rotatable bonds is 7. The van der Waals surface area contributed by atoms with E-state index in [1.807, 2.05) is 20.8 Å². The minimum absolute atomic E-state index is 0.0155. The Morgan fingerprint density at radius 2 is 1.81 bits per heavy atom. The minimum atomic E-state index is -4.88. The van der Waals surface area contributed by atoms with E-state index in [1.54, 1.807) is 4.57 Å². The van der Waals surface area contributed by atoms with E-state index in [0.29, 0.717) is 37.2 Å². The van der Waals surface area contributed by atoms with Gasteiger partial charge in [-0.3, -0.25) is 4.98 Å². The third-order valence-corrected chi connectivity index (χ3v) is 7.76. The maximum Gasteiger partial charge on any atom is 0.418 e. The summed E-state index contributed by atoms with van der Waals surface area (Å²) < 4.78 is 111. The van der Waals surface area contributed by atoms with Crippen LogP contribution >= 0.6 is 0 Å². The Labute approximate surface area is 204 Å². The molecular formula is C24H25F6N3O2S. The van der Waals surface area contributed by atoms with Crippen molar-refractivity contribution in [1.29, 1.82) is 0 Å². The SMILES string of the molecule is CC(C)(C)Cn1cc(C(NS(=O)(=O)C2CC2)C(F)F)c2ccc(-c3ncc(F)cc3C(F)(F)F)cc21. The van der Waals surface area contributed by atoms with Gasteiger partial charge in [-0.1, -0.05) is 32.9 Å². The van der Waals surface area contributed by atoms with Crippen LogP contribution in [0.2, 0.25) is 0 Å². The number of fused-ring (bicyclic) bond motifs is 1. The maximum atomic E-state index is 14.1. The summed E-state index contributed by atoms with van der Waals surface area (Å²) >= 11 is 0. The van der Waals surface area contributed by atoms with Gasteiger partial charge < -0.3 is 4.57 Å². The number of sulfonamides is 1. The molecule has 0 radical (unpaired) electrons. The van der Waals surface area contributed by atoms with Gasteiger partial charge in [0, 0.05) is 34.8 Å². The first-order valence-corrected chi connectivity index (χ1v) is 12.8. The van der Waals surface area contributed by atoms with Crippen molar-refractivity contribution in [3.8, 4) is 11.3 Å². The highest BCUT2D eigenvalue weighted by Crippen LogP contribution is 2.40. The van der Waals surface area contributed by atoms with Gasteiger partial charge in [-0.15, -0.1) is 0 Å². The topological polar surface area (TPSA) is 64.0 Å². The lowest BCUT2D eigenvalue weighted by Gasteiger charge is -2.20. The molecule has 1 N–H and O–H groups in total. The quantitative estimate of drug-likeness (QED) is 0.363. The third-order valence-electron chi connectivity index (χ3n) is 5.83. The van der Waals surface area contributed by atoms with Gasteiger partial charge in [-0.2, -0.15) is 13.2 Å². The summed E-state index contributed by atoms with van der Waals surface area (Å²) in [6.07, 6.45) is -5.07. The van der Waals surface area contributed by atoms with E-state index in [2.05, 4.69) is 9.71 Å². The Hall–Kier alpha value is -2.60. The molecule has 0 spiro atoms. The van der Waals surface area contributed by atoms with E-state index in [0.717, 1.165) is 0 Å². The standard InChI is InChI=1S/C24H25F6N3O2S/c1-23(2,3)12-33-11-17(21(22(26)27)32-36(34,35)15-5-6-15)16-7-4-13(8-19(16)33)20-18(24(28,29)30)9-14(25)10-31-20/h4,7-11,15,21-22,32H,5-6,12H2,1-3H3. The van der Waals surface area contributed by atoms with Crippen LogP contribution in [0.25, 0.3) is 22.2 Å². The summed E-state index contributed by atoms with van der Waals surface area (Å²) in [6.45, 7) is 5.99. The van der Waals surface area contributed by atoms with E-state index in [1.165, 1.54) is 24.4 Å². The predicted octanol–water partition coefficient (Wildman–Crippen LogP) is 6.30. The molecule has 1 unspecified atom stereocenters. The van der Waals surface area contributed by atoms with Crippen molar-refractivity contribution in [2.75, 3.05) is 0 Å². The highest BCUT2D eigenvalue weighted by molar-refractivity contribution is 7.90. The molecule has 1 fully saturated rings. The van der Waals surface area contributed by atoms with Crippen molar-refractivity contribution in [2.45, 2.75) is 64.1 Å². The fraction of sp³-hybridized carbons (Fsp3) is 0.458. The number of hydrogen-bond donors (Lipinski definition) is 1. The van der Waals surface area contributed by atoms with Crippen LogP contribution in [0.1, 0.15) is 50.8 Å². The fourth-order valence-corrected chi connectivity index (χ4v) is 5.68. The molecule has 0 saturated heterocycles. The molecule has 0 amide bonds. The van der Waals surface area contributed by atoms with Crippen molar-refractivity contribution >= 4 is 20.9 Å². The molecule has 4 rings (SSSR count). The predicted molar refractivity (Wildman–Crippen MR) is 123 cm³/mol. The van der Waals surface area contributed by atoms with Crippen LogP contribution in [-0.4, -0.2) is 29.6 Å². The van der Waals surface area contributed by atoms with E-state index < -0.39 is 51.0 Å². The number of halogens is 6. The first kappa shape index (κ1) is 26.5. The molecule has 1 aromatic carbocycles. The van der Waals surface area contributed by atoms with E-state index in [-0.39, 0.29) is 21.9 Å². The molecule has 12 heteroatoms. The molecule has 1 aliphatic carbocycles. The minimum Gasteiger partial charge on any atom is -0.347 e. The lowest BCUT2D eigenvalue weighted by atomic mass is 9.97. The van der Waals surface area contributed by atoms with Gasteiger partial charge in [0.2, 0.25) is 10.0 Å². The summed E-state index contributed by atoms with van der Waals surface area (Å²) in [5.74, 6) is -1.15. The summed E-state index contributed by atoms with van der Waals surface area (Å²) in [6, 6.07) is 2.54. The smallest absolute Gasteiger partial charge is 0.347 e. The average Bonchev–Trinajstić information content (AvgIpc) is 3.55. The number of hydrogen-bond acceptors (Lipinski definition) is 3. The van der Waals surface area contributed by atoms with Crippen LogP contribution in [-0.2, 0) is 22.7 Å².